The first-order valence-electron chi connectivity index (χ1n) is 5.74. The van der Waals surface area contributed by atoms with Gasteiger partial charge in [0.1, 0.15) is 0 Å². The van der Waals surface area contributed by atoms with Crippen LogP contribution in [0.25, 0.3) is 0 Å². The predicted octanol–water partition coefficient (Wildman–Crippen LogP) is 3.17. The highest BCUT2D eigenvalue weighted by Crippen LogP contribution is 2.32. The molecule has 0 atom stereocenters. The number of rotatable bonds is 2. The van der Waals surface area contributed by atoms with Crippen LogP contribution in [0.4, 0.5) is 0 Å². The Morgan fingerprint density at radius 1 is 0.941 bits per heavy atom. The summed E-state index contributed by atoms with van der Waals surface area (Å²) >= 11 is 0. The Morgan fingerprint density at radius 3 is 1.71 bits per heavy atom. The number of likely N-dealkylation sites (N-methyl/N-ethyl adjacent to an activating group) is 2. The summed E-state index contributed by atoms with van der Waals surface area (Å²) in [7, 11) is 4.12. The summed E-state index contributed by atoms with van der Waals surface area (Å²) < 4.78 is 0. The average Bonchev–Trinajstić information content (AvgIpc) is 2.59. The largest absolute Gasteiger partial charge is 0.341 e. The number of nitrogens with zero attached hydrogens (tertiary/aromatic N) is 2. The number of hydrogen-bond acceptors (Lipinski definition) is 2. The Morgan fingerprint density at radius 2 is 1.35 bits per heavy atom. The third-order valence-electron chi connectivity index (χ3n) is 3.18. The number of hydrogen-bond donors (Lipinski definition) is 0. The quantitative estimate of drug-likeness (QED) is 0.713. The van der Waals surface area contributed by atoms with Crippen molar-refractivity contribution in [3.8, 4) is 0 Å². The molecular formula is C15H18N2. The van der Waals surface area contributed by atoms with Crippen molar-refractivity contribution in [1.82, 2.24) is 9.80 Å². The molecule has 88 valence electrons. The van der Waals surface area contributed by atoms with Crippen molar-refractivity contribution in [3.63, 3.8) is 0 Å². The second kappa shape index (κ2) is 4.50. The smallest absolute Gasteiger partial charge is 0.0646 e. The Kier molecular flexibility index (Phi) is 3.05. The summed E-state index contributed by atoms with van der Waals surface area (Å²) in [6.45, 7) is 7.78. The fourth-order valence-corrected chi connectivity index (χ4v) is 2.26. The van der Waals surface area contributed by atoms with E-state index in [1.165, 1.54) is 11.4 Å². The summed E-state index contributed by atoms with van der Waals surface area (Å²) in [6, 6.07) is 0. The maximum absolute atomic E-state index is 3.89. The zero-order valence-electron chi connectivity index (χ0n) is 10.5. The van der Waals surface area contributed by atoms with Crippen molar-refractivity contribution in [3.05, 3.63) is 72.4 Å². The van der Waals surface area contributed by atoms with Gasteiger partial charge in [0, 0.05) is 14.1 Å². The molecule has 0 radical (unpaired) electrons. The van der Waals surface area contributed by atoms with Crippen LogP contribution >= 0.6 is 0 Å². The molecule has 0 saturated carbocycles. The summed E-state index contributed by atoms with van der Waals surface area (Å²) in [5.41, 5.74) is 4.56. The fraction of sp³-hybridized carbons (Fsp3) is 0.200. The monoisotopic (exact) mass is 226 g/mol. The van der Waals surface area contributed by atoms with Gasteiger partial charge in [0.05, 0.1) is 22.8 Å². The van der Waals surface area contributed by atoms with Crippen LogP contribution in [0, 0.1) is 0 Å². The van der Waals surface area contributed by atoms with Gasteiger partial charge in [-0.2, -0.15) is 0 Å². The molecule has 17 heavy (non-hydrogen) atoms. The highest BCUT2D eigenvalue weighted by molar-refractivity contribution is 5.47. The van der Waals surface area contributed by atoms with Crippen molar-refractivity contribution in [2.45, 2.75) is 6.42 Å². The Bertz CT molecular complexity index is 433. The SMILES string of the molecule is C=CC1=C(C=C)N(C)C2=C(C=CCC=C2)N1C. The second-order valence-corrected chi connectivity index (χ2v) is 4.11. The molecule has 1 aliphatic heterocycles. The Labute approximate surface area is 103 Å². The third-order valence-corrected chi connectivity index (χ3v) is 3.18. The average molecular weight is 226 g/mol. The molecule has 2 rings (SSSR count). The minimum absolute atomic E-state index is 0.974. The molecule has 0 aromatic carbocycles. The van der Waals surface area contributed by atoms with Crippen molar-refractivity contribution in [2.75, 3.05) is 14.1 Å². The van der Waals surface area contributed by atoms with Gasteiger partial charge in [-0.1, -0.05) is 25.3 Å². The molecule has 2 heteroatoms. The fourth-order valence-electron chi connectivity index (χ4n) is 2.26. The lowest BCUT2D eigenvalue weighted by Crippen LogP contribution is -2.31. The van der Waals surface area contributed by atoms with E-state index in [1.54, 1.807) is 0 Å². The zero-order chi connectivity index (χ0) is 12.4. The maximum atomic E-state index is 3.89. The van der Waals surface area contributed by atoms with Gasteiger partial charge in [-0.25, -0.2) is 0 Å². The van der Waals surface area contributed by atoms with E-state index in [-0.39, 0.29) is 0 Å². The molecule has 0 N–H and O–H groups in total. The van der Waals surface area contributed by atoms with Gasteiger partial charge in [0.2, 0.25) is 0 Å². The third kappa shape index (κ3) is 1.76. The minimum atomic E-state index is 0.974. The first kappa shape index (κ1) is 11.5. The maximum Gasteiger partial charge on any atom is 0.0646 e. The number of allylic oxidation sites excluding steroid dienone is 6. The molecule has 2 aliphatic rings. The first-order chi connectivity index (χ1) is 8.20. The summed E-state index contributed by atoms with van der Waals surface area (Å²) in [4.78, 5) is 4.32. The molecule has 2 nitrogen and oxygen atoms in total. The molecule has 0 unspecified atom stereocenters. The van der Waals surface area contributed by atoms with Gasteiger partial charge >= 0.3 is 0 Å². The van der Waals surface area contributed by atoms with Crippen LogP contribution in [0.1, 0.15) is 6.42 Å². The second-order valence-electron chi connectivity index (χ2n) is 4.11. The van der Waals surface area contributed by atoms with Crippen LogP contribution in [0.2, 0.25) is 0 Å². The molecule has 0 spiro atoms. The van der Waals surface area contributed by atoms with E-state index in [2.05, 4.69) is 61.4 Å². The molecule has 1 aliphatic carbocycles. The minimum Gasteiger partial charge on any atom is -0.341 e. The Balaban J connectivity index is 2.59. The van der Waals surface area contributed by atoms with Gasteiger partial charge in [-0.3, -0.25) is 0 Å². The standard InChI is InChI=1S/C15H18N2/c1-5-12-13(6-2)17(4)15-11-9-7-8-10-14(15)16(12)3/h5-6,8-11H,1-2,7H2,3-4H3. The van der Waals surface area contributed by atoms with E-state index < -0.39 is 0 Å². The predicted molar refractivity (Wildman–Crippen MR) is 72.9 cm³/mol. The molecular weight excluding hydrogens is 208 g/mol. The van der Waals surface area contributed by atoms with E-state index in [1.807, 2.05) is 12.2 Å². The van der Waals surface area contributed by atoms with Gasteiger partial charge < -0.3 is 9.80 Å². The molecule has 0 fully saturated rings. The van der Waals surface area contributed by atoms with E-state index >= 15 is 0 Å². The zero-order valence-corrected chi connectivity index (χ0v) is 10.5. The lowest BCUT2D eigenvalue weighted by molar-refractivity contribution is 0.428. The molecule has 0 bridgehead atoms. The Hall–Kier alpha value is -1.96. The summed E-state index contributed by atoms with van der Waals surface area (Å²) in [5, 5.41) is 0. The van der Waals surface area contributed by atoms with Crippen LogP contribution in [0.15, 0.2) is 72.4 Å². The normalized spacial score (nSPS) is 19.4. The molecule has 1 heterocycles. The van der Waals surface area contributed by atoms with Crippen molar-refractivity contribution in [2.24, 2.45) is 0 Å². The summed E-state index contributed by atoms with van der Waals surface area (Å²) in [5.74, 6) is 0. The van der Waals surface area contributed by atoms with Gasteiger partial charge in [-0.15, -0.1) is 0 Å². The highest BCUT2D eigenvalue weighted by Gasteiger charge is 2.23. The van der Waals surface area contributed by atoms with Crippen LogP contribution in [0.3, 0.4) is 0 Å². The van der Waals surface area contributed by atoms with Crippen LogP contribution in [-0.2, 0) is 0 Å². The molecule has 0 aromatic rings. The molecule has 0 saturated heterocycles. The van der Waals surface area contributed by atoms with Crippen LogP contribution < -0.4 is 0 Å². The van der Waals surface area contributed by atoms with Crippen molar-refractivity contribution < 1.29 is 0 Å². The lowest BCUT2D eigenvalue weighted by atomic mass is 10.1. The van der Waals surface area contributed by atoms with Gasteiger partial charge in [0.25, 0.3) is 0 Å². The lowest BCUT2D eigenvalue weighted by Gasteiger charge is -2.36. The van der Waals surface area contributed by atoms with Gasteiger partial charge in [-0.05, 0) is 30.7 Å². The topological polar surface area (TPSA) is 6.48 Å². The van der Waals surface area contributed by atoms with Crippen molar-refractivity contribution >= 4 is 0 Å². The van der Waals surface area contributed by atoms with E-state index in [9.17, 15) is 0 Å². The van der Waals surface area contributed by atoms with Crippen LogP contribution in [-0.4, -0.2) is 23.9 Å². The first-order valence-corrected chi connectivity index (χ1v) is 5.74. The summed E-state index contributed by atoms with van der Waals surface area (Å²) in [6.07, 6.45) is 13.4. The molecule has 0 amide bonds. The molecule has 0 aromatic heterocycles. The van der Waals surface area contributed by atoms with Crippen LogP contribution in [0.5, 0.6) is 0 Å². The van der Waals surface area contributed by atoms with E-state index in [4.69, 9.17) is 0 Å². The highest BCUT2D eigenvalue weighted by atomic mass is 15.2. The van der Waals surface area contributed by atoms with Crippen molar-refractivity contribution in [1.29, 1.82) is 0 Å². The van der Waals surface area contributed by atoms with E-state index in [0.29, 0.717) is 0 Å². The van der Waals surface area contributed by atoms with Gasteiger partial charge in [0.15, 0.2) is 0 Å². The van der Waals surface area contributed by atoms with E-state index in [0.717, 1.165) is 17.8 Å².